The van der Waals surface area contributed by atoms with E-state index in [1.165, 1.54) is 0 Å². The normalized spacial score (nSPS) is 13.3. The molecular weight excluding hydrogens is 324 g/mol. The van der Waals surface area contributed by atoms with Crippen molar-refractivity contribution in [2.75, 3.05) is 18.0 Å². The number of fused-ring (bicyclic) bond motifs is 1. The molecule has 0 atom stereocenters. The monoisotopic (exact) mass is 342 g/mol. The lowest BCUT2D eigenvalue weighted by Crippen LogP contribution is -2.35. The van der Waals surface area contributed by atoms with Crippen LogP contribution in [0.1, 0.15) is 39.6 Å². The van der Waals surface area contributed by atoms with Crippen molar-refractivity contribution in [2.24, 2.45) is 0 Å². The molecule has 0 aliphatic carbocycles. The third-order valence-corrected chi connectivity index (χ3v) is 4.39. The van der Waals surface area contributed by atoms with E-state index in [0.29, 0.717) is 29.2 Å². The van der Waals surface area contributed by atoms with Gasteiger partial charge < -0.3 is 10.2 Å². The van der Waals surface area contributed by atoms with Crippen molar-refractivity contribution in [1.82, 2.24) is 5.32 Å². The van der Waals surface area contributed by atoms with Gasteiger partial charge in [-0.3, -0.25) is 9.59 Å². The smallest absolute Gasteiger partial charge is 0.258 e. The van der Waals surface area contributed by atoms with Gasteiger partial charge in [0.25, 0.3) is 11.8 Å². The Kier molecular flexibility index (Phi) is 4.86. The lowest BCUT2D eigenvalue weighted by atomic mass is 9.98. The highest BCUT2D eigenvalue weighted by Gasteiger charge is 2.24. The van der Waals surface area contributed by atoms with E-state index in [-0.39, 0.29) is 11.8 Å². The number of hydrogen-bond donors (Lipinski definition) is 1. The summed E-state index contributed by atoms with van der Waals surface area (Å²) < 4.78 is 0. The molecule has 4 nitrogen and oxygen atoms in total. The Balaban J connectivity index is 1.90. The second kappa shape index (κ2) is 7.05. The molecule has 2 aromatic carbocycles. The quantitative estimate of drug-likeness (QED) is 0.925. The first-order valence-electron chi connectivity index (χ1n) is 8.08. The molecule has 24 heavy (non-hydrogen) atoms. The summed E-state index contributed by atoms with van der Waals surface area (Å²) in [4.78, 5) is 26.6. The van der Waals surface area contributed by atoms with Gasteiger partial charge in [-0.05, 0) is 67.8 Å². The minimum absolute atomic E-state index is 0.0432. The van der Waals surface area contributed by atoms with Crippen LogP contribution >= 0.6 is 11.6 Å². The van der Waals surface area contributed by atoms with E-state index in [4.69, 9.17) is 11.6 Å². The summed E-state index contributed by atoms with van der Waals surface area (Å²) in [6.45, 7) is 3.16. The molecule has 1 aliphatic heterocycles. The number of anilines is 1. The van der Waals surface area contributed by atoms with Crippen LogP contribution in [0.15, 0.2) is 42.5 Å². The Morgan fingerprint density at radius 1 is 1.12 bits per heavy atom. The molecule has 0 radical (unpaired) electrons. The molecule has 0 saturated heterocycles. The third kappa shape index (κ3) is 3.29. The summed E-state index contributed by atoms with van der Waals surface area (Å²) in [6.07, 6.45) is 1.75. The number of rotatable bonds is 3. The van der Waals surface area contributed by atoms with Crippen LogP contribution in [-0.2, 0) is 6.42 Å². The van der Waals surface area contributed by atoms with Gasteiger partial charge in [-0.2, -0.15) is 0 Å². The highest BCUT2D eigenvalue weighted by molar-refractivity contribution is 6.30. The number of aryl methyl sites for hydroxylation is 1. The van der Waals surface area contributed by atoms with Crippen molar-refractivity contribution in [2.45, 2.75) is 19.8 Å². The zero-order chi connectivity index (χ0) is 17.1. The summed E-state index contributed by atoms with van der Waals surface area (Å²) >= 11 is 5.89. The molecule has 2 aromatic rings. The standard InChI is InChI=1S/C19H19ClN2O2/c1-2-21-18(23)15-7-10-17-14(12-15)4-3-11-22(17)19(24)13-5-8-16(20)9-6-13/h5-10,12H,2-4,11H2,1H3,(H,21,23). The summed E-state index contributed by atoms with van der Waals surface area (Å²) in [6, 6.07) is 12.4. The maximum Gasteiger partial charge on any atom is 0.258 e. The van der Waals surface area contributed by atoms with Crippen molar-refractivity contribution in [1.29, 1.82) is 0 Å². The molecule has 0 aromatic heterocycles. The minimum atomic E-state index is -0.0820. The molecular formula is C19H19ClN2O2. The number of nitrogens with one attached hydrogen (secondary N) is 1. The van der Waals surface area contributed by atoms with Gasteiger partial charge in [-0.15, -0.1) is 0 Å². The van der Waals surface area contributed by atoms with Crippen molar-refractivity contribution < 1.29 is 9.59 Å². The van der Waals surface area contributed by atoms with Gasteiger partial charge >= 0.3 is 0 Å². The number of hydrogen-bond acceptors (Lipinski definition) is 2. The molecule has 0 fully saturated rings. The van der Waals surface area contributed by atoms with Crippen LogP contribution in [0.25, 0.3) is 0 Å². The summed E-state index contributed by atoms with van der Waals surface area (Å²) in [5.41, 5.74) is 3.16. The Bertz CT molecular complexity index is 771. The molecule has 1 heterocycles. The predicted octanol–water partition coefficient (Wildman–Crippen LogP) is 3.68. The van der Waals surface area contributed by atoms with E-state index in [9.17, 15) is 9.59 Å². The Hall–Kier alpha value is -2.33. The van der Waals surface area contributed by atoms with E-state index in [1.54, 1.807) is 35.2 Å². The molecule has 1 aliphatic rings. The zero-order valence-corrected chi connectivity index (χ0v) is 14.3. The van der Waals surface area contributed by atoms with Crippen LogP contribution in [0.4, 0.5) is 5.69 Å². The molecule has 0 bridgehead atoms. The average Bonchev–Trinajstić information content (AvgIpc) is 2.61. The van der Waals surface area contributed by atoms with E-state index >= 15 is 0 Å². The van der Waals surface area contributed by atoms with Crippen molar-refractivity contribution in [3.8, 4) is 0 Å². The second-order valence-corrected chi connectivity index (χ2v) is 6.21. The van der Waals surface area contributed by atoms with E-state index < -0.39 is 0 Å². The Morgan fingerprint density at radius 3 is 2.54 bits per heavy atom. The fourth-order valence-corrected chi connectivity index (χ4v) is 3.09. The van der Waals surface area contributed by atoms with Crippen LogP contribution in [-0.4, -0.2) is 24.9 Å². The SMILES string of the molecule is CCNC(=O)c1ccc2c(c1)CCCN2C(=O)c1ccc(Cl)cc1. The van der Waals surface area contributed by atoms with Crippen molar-refractivity contribution in [3.05, 3.63) is 64.2 Å². The first-order valence-corrected chi connectivity index (χ1v) is 8.46. The van der Waals surface area contributed by atoms with Crippen LogP contribution in [0, 0.1) is 0 Å². The van der Waals surface area contributed by atoms with Crippen LogP contribution < -0.4 is 10.2 Å². The molecule has 5 heteroatoms. The van der Waals surface area contributed by atoms with Gasteiger partial charge in [0.15, 0.2) is 0 Å². The number of amides is 2. The maximum absolute atomic E-state index is 12.8. The van der Waals surface area contributed by atoms with Crippen LogP contribution in [0.5, 0.6) is 0 Å². The fraction of sp³-hybridized carbons (Fsp3) is 0.263. The average molecular weight is 343 g/mol. The topological polar surface area (TPSA) is 49.4 Å². The number of carbonyl (C=O) groups is 2. The van der Waals surface area contributed by atoms with Crippen LogP contribution in [0.3, 0.4) is 0 Å². The molecule has 0 unspecified atom stereocenters. The summed E-state index contributed by atoms with van der Waals surface area (Å²) in [5.74, 6) is -0.125. The first kappa shape index (κ1) is 16.5. The second-order valence-electron chi connectivity index (χ2n) is 5.77. The predicted molar refractivity (Wildman–Crippen MR) is 95.9 cm³/mol. The molecule has 1 N–H and O–H groups in total. The van der Waals surface area contributed by atoms with E-state index in [2.05, 4.69) is 5.32 Å². The van der Waals surface area contributed by atoms with Gasteiger partial charge in [0.1, 0.15) is 0 Å². The molecule has 2 amide bonds. The number of benzene rings is 2. The van der Waals surface area contributed by atoms with Gasteiger partial charge in [0, 0.05) is 34.9 Å². The summed E-state index contributed by atoms with van der Waals surface area (Å²) in [7, 11) is 0. The van der Waals surface area contributed by atoms with Crippen LogP contribution in [0.2, 0.25) is 5.02 Å². The van der Waals surface area contributed by atoms with Crippen molar-refractivity contribution >= 4 is 29.1 Å². The minimum Gasteiger partial charge on any atom is -0.352 e. The highest BCUT2D eigenvalue weighted by Crippen LogP contribution is 2.29. The molecule has 3 rings (SSSR count). The Labute approximate surface area is 146 Å². The highest BCUT2D eigenvalue weighted by atomic mass is 35.5. The van der Waals surface area contributed by atoms with Gasteiger partial charge in [0.2, 0.25) is 0 Å². The largest absolute Gasteiger partial charge is 0.352 e. The zero-order valence-electron chi connectivity index (χ0n) is 13.5. The molecule has 124 valence electrons. The number of carbonyl (C=O) groups excluding carboxylic acids is 2. The third-order valence-electron chi connectivity index (χ3n) is 4.13. The van der Waals surface area contributed by atoms with Gasteiger partial charge in [-0.1, -0.05) is 11.6 Å². The van der Waals surface area contributed by atoms with Crippen molar-refractivity contribution in [3.63, 3.8) is 0 Å². The van der Waals surface area contributed by atoms with E-state index in [1.807, 2.05) is 19.1 Å². The maximum atomic E-state index is 12.8. The summed E-state index contributed by atoms with van der Waals surface area (Å²) in [5, 5.41) is 3.41. The first-order chi connectivity index (χ1) is 11.6. The molecule has 0 spiro atoms. The number of halogens is 1. The fourth-order valence-electron chi connectivity index (χ4n) is 2.96. The van der Waals surface area contributed by atoms with Gasteiger partial charge in [-0.25, -0.2) is 0 Å². The molecule has 0 saturated carbocycles. The lowest BCUT2D eigenvalue weighted by Gasteiger charge is -2.30. The van der Waals surface area contributed by atoms with Gasteiger partial charge in [0.05, 0.1) is 0 Å². The van der Waals surface area contributed by atoms with E-state index in [0.717, 1.165) is 24.1 Å². The number of nitrogens with zero attached hydrogens (tertiary/aromatic N) is 1. The Morgan fingerprint density at radius 2 is 1.83 bits per heavy atom. The lowest BCUT2D eigenvalue weighted by molar-refractivity contribution is 0.0954.